The number of hydrogen-bond acceptors (Lipinski definition) is 6. The van der Waals surface area contributed by atoms with Crippen LogP contribution in [0.4, 0.5) is 0 Å². The van der Waals surface area contributed by atoms with Crippen LogP contribution in [-0.4, -0.2) is 49.0 Å². The van der Waals surface area contributed by atoms with Gasteiger partial charge in [-0.25, -0.2) is 0 Å². The number of fused-ring (bicyclic) bond motifs is 1. The summed E-state index contributed by atoms with van der Waals surface area (Å²) in [4.78, 5) is 39.2. The Bertz CT molecular complexity index is 963. The van der Waals surface area contributed by atoms with E-state index in [9.17, 15) is 14.4 Å². The Morgan fingerprint density at radius 1 is 1.00 bits per heavy atom. The van der Waals surface area contributed by atoms with E-state index in [1.807, 2.05) is 30.3 Å². The van der Waals surface area contributed by atoms with Crippen molar-refractivity contribution in [3.8, 4) is 11.5 Å². The second kappa shape index (κ2) is 8.18. The zero-order valence-electron chi connectivity index (χ0n) is 16.8. The molecular formula is C23H23NO6. The molecule has 1 amide bonds. The Morgan fingerprint density at radius 2 is 1.70 bits per heavy atom. The first-order valence-electron chi connectivity index (χ1n) is 9.91. The van der Waals surface area contributed by atoms with Gasteiger partial charge in [0, 0.05) is 25.6 Å². The SMILES string of the molecule is CC(=O)N1CCC(C(=O)OCC(=O)c2ccc3c(c2)OCO3)(c2ccccc2)CC1. The molecule has 156 valence electrons. The van der Waals surface area contributed by atoms with Crippen molar-refractivity contribution in [2.24, 2.45) is 0 Å². The molecule has 0 aliphatic carbocycles. The van der Waals surface area contributed by atoms with E-state index in [0.717, 1.165) is 5.56 Å². The summed E-state index contributed by atoms with van der Waals surface area (Å²) in [5.41, 5.74) is 0.364. The minimum Gasteiger partial charge on any atom is -0.457 e. The smallest absolute Gasteiger partial charge is 0.317 e. The van der Waals surface area contributed by atoms with Crippen LogP contribution in [0, 0.1) is 0 Å². The van der Waals surface area contributed by atoms with Crippen molar-refractivity contribution in [1.29, 1.82) is 0 Å². The number of Topliss-reactive ketones (excluding diaryl/α,β-unsaturated/α-hetero) is 1. The summed E-state index contributed by atoms with van der Waals surface area (Å²) in [5, 5.41) is 0. The van der Waals surface area contributed by atoms with Gasteiger partial charge in [-0.05, 0) is 36.6 Å². The zero-order valence-corrected chi connectivity index (χ0v) is 16.8. The molecule has 0 radical (unpaired) electrons. The van der Waals surface area contributed by atoms with Gasteiger partial charge in [-0.2, -0.15) is 0 Å². The second-order valence-corrected chi connectivity index (χ2v) is 7.52. The molecule has 0 N–H and O–H groups in total. The molecule has 2 aliphatic heterocycles. The van der Waals surface area contributed by atoms with Gasteiger partial charge in [-0.15, -0.1) is 0 Å². The van der Waals surface area contributed by atoms with Crippen LogP contribution in [0.1, 0.15) is 35.7 Å². The molecule has 0 aromatic heterocycles. The quantitative estimate of drug-likeness (QED) is 0.558. The highest BCUT2D eigenvalue weighted by molar-refractivity contribution is 5.99. The molecule has 0 bridgehead atoms. The van der Waals surface area contributed by atoms with Crippen LogP contribution in [0.15, 0.2) is 48.5 Å². The maximum absolute atomic E-state index is 13.2. The van der Waals surface area contributed by atoms with Crippen molar-refractivity contribution in [1.82, 2.24) is 4.90 Å². The van der Waals surface area contributed by atoms with Gasteiger partial charge in [-0.1, -0.05) is 30.3 Å². The Hall–Kier alpha value is -3.35. The summed E-state index contributed by atoms with van der Waals surface area (Å²) in [6.07, 6.45) is 0.904. The van der Waals surface area contributed by atoms with E-state index < -0.39 is 11.4 Å². The van der Waals surface area contributed by atoms with Gasteiger partial charge < -0.3 is 19.1 Å². The molecule has 2 aromatic carbocycles. The lowest BCUT2D eigenvalue weighted by Gasteiger charge is -2.40. The standard InChI is InChI=1S/C23H23NO6/c1-16(25)24-11-9-23(10-12-24,18-5-3-2-4-6-18)22(27)28-14-19(26)17-7-8-20-21(13-17)30-15-29-20/h2-8,13H,9-12,14-15H2,1H3. The first-order valence-corrected chi connectivity index (χ1v) is 9.91. The van der Waals surface area contributed by atoms with Crippen LogP contribution < -0.4 is 9.47 Å². The van der Waals surface area contributed by atoms with Crippen molar-refractivity contribution in [3.63, 3.8) is 0 Å². The van der Waals surface area contributed by atoms with E-state index in [0.29, 0.717) is 43.0 Å². The molecule has 1 fully saturated rings. The molecule has 4 rings (SSSR count). The predicted octanol–water partition coefficient (Wildman–Crippen LogP) is 2.72. The predicted molar refractivity (Wildman–Crippen MR) is 107 cm³/mol. The van der Waals surface area contributed by atoms with E-state index in [2.05, 4.69) is 0 Å². The topological polar surface area (TPSA) is 82.1 Å². The molecule has 2 heterocycles. The van der Waals surface area contributed by atoms with Gasteiger partial charge in [0.25, 0.3) is 0 Å². The van der Waals surface area contributed by atoms with E-state index in [1.54, 1.807) is 23.1 Å². The third-order valence-corrected chi connectivity index (χ3v) is 5.81. The molecule has 0 unspecified atom stereocenters. The first kappa shape index (κ1) is 19.9. The largest absolute Gasteiger partial charge is 0.457 e. The van der Waals surface area contributed by atoms with Gasteiger partial charge in [0.05, 0.1) is 5.41 Å². The number of carbonyl (C=O) groups is 3. The van der Waals surface area contributed by atoms with Gasteiger partial charge in [0.15, 0.2) is 23.9 Å². The Labute approximate surface area is 174 Å². The lowest BCUT2D eigenvalue weighted by Crippen LogP contribution is -2.49. The minimum absolute atomic E-state index is 0.0111. The van der Waals surface area contributed by atoms with Gasteiger partial charge in [0.2, 0.25) is 12.7 Å². The number of ketones is 1. The summed E-state index contributed by atoms with van der Waals surface area (Å²) >= 11 is 0. The normalized spacial score (nSPS) is 16.8. The number of piperidine rings is 1. The van der Waals surface area contributed by atoms with Gasteiger partial charge in [0.1, 0.15) is 0 Å². The molecule has 0 atom stereocenters. The average Bonchev–Trinajstić information content (AvgIpc) is 3.25. The van der Waals surface area contributed by atoms with Crippen molar-refractivity contribution in [2.75, 3.05) is 26.5 Å². The van der Waals surface area contributed by atoms with Gasteiger partial charge >= 0.3 is 5.97 Å². The van der Waals surface area contributed by atoms with Crippen molar-refractivity contribution in [2.45, 2.75) is 25.2 Å². The molecule has 2 aliphatic rings. The Morgan fingerprint density at radius 3 is 2.40 bits per heavy atom. The fourth-order valence-electron chi connectivity index (χ4n) is 3.99. The second-order valence-electron chi connectivity index (χ2n) is 7.52. The summed E-state index contributed by atoms with van der Waals surface area (Å²) in [7, 11) is 0. The fraction of sp³-hybridized carbons (Fsp3) is 0.348. The van der Waals surface area contributed by atoms with Crippen LogP contribution in [-0.2, 0) is 19.7 Å². The number of hydrogen-bond donors (Lipinski definition) is 0. The molecule has 7 nitrogen and oxygen atoms in total. The maximum atomic E-state index is 13.2. The lowest BCUT2D eigenvalue weighted by atomic mass is 9.72. The number of amides is 1. The zero-order chi connectivity index (χ0) is 21.1. The van der Waals surface area contributed by atoms with Crippen LogP contribution in [0.3, 0.4) is 0 Å². The minimum atomic E-state index is -0.873. The third-order valence-electron chi connectivity index (χ3n) is 5.81. The Balaban J connectivity index is 1.48. The number of ether oxygens (including phenoxy) is 3. The van der Waals surface area contributed by atoms with Crippen molar-refractivity contribution >= 4 is 17.7 Å². The monoisotopic (exact) mass is 409 g/mol. The number of esters is 1. The third kappa shape index (κ3) is 3.75. The number of likely N-dealkylation sites (tertiary alicyclic amines) is 1. The number of nitrogens with zero attached hydrogens (tertiary/aromatic N) is 1. The number of rotatable bonds is 5. The summed E-state index contributed by atoms with van der Waals surface area (Å²) in [6.45, 7) is 2.23. The van der Waals surface area contributed by atoms with E-state index in [1.165, 1.54) is 6.92 Å². The highest BCUT2D eigenvalue weighted by Crippen LogP contribution is 2.37. The molecule has 30 heavy (non-hydrogen) atoms. The van der Waals surface area contributed by atoms with Crippen molar-refractivity contribution in [3.05, 3.63) is 59.7 Å². The molecular weight excluding hydrogens is 386 g/mol. The van der Waals surface area contributed by atoms with Crippen LogP contribution in [0.2, 0.25) is 0 Å². The van der Waals surface area contributed by atoms with Crippen LogP contribution in [0.5, 0.6) is 11.5 Å². The number of carbonyl (C=O) groups excluding carboxylic acids is 3. The van der Waals surface area contributed by atoms with Gasteiger partial charge in [-0.3, -0.25) is 14.4 Å². The number of benzene rings is 2. The summed E-state index contributed by atoms with van der Waals surface area (Å²) < 4.78 is 16.1. The van der Waals surface area contributed by atoms with E-state index in [-0.39, 0.29) is 25.1 Å². The first-order chi connectivity index (χ1) is 14.5. The lowest BCUT2D eigenvalue weighted by molar-refractivity contribution is -0.153. The van der Waals surface area contributed by atoms with E-state index >= 15 is 0 Å². The maximum Gasteiger partial charge on any atom is 0.317 e. The Kier molecular flexibility index (Phi) is 5.44. The molecule has 0 spiro atoms. The molecule has 2 aromatic rings. The molecule has 7 heteroatoms. The van der Waals surface area contributed by atoms with Crippen LogP contribution >= 0.6 is 0 Å². The average molecular weight is 409 g/mol. The van der Waals surface area contributed by atoms with Crippen LogP contribution in [0.25, 0.3) is 0 Å². The van der Waals surface area contributed by atoms with Crippen molar-refractivity contribution < 1.29 is 28.6 Å². The highest BCUT2D eigenvalue weighted by atomic mass is 16.7. The highest BCUT2D eigenvalue weighted by Gasteiger charge is 2.45. The summed E-state index contributed by atoms with van der Waals surface area (Å²) in [6, 6.07) is 14.3. The van der Waals surface area contributed by atoms with E-state index in [4.69, 9.17) is 14.2 Å². The molecule has 1 saturated heterocycles. The summed E-state index contributed by atoms with van der Waals surface area (Å²) in [5.74, 6) is 0.327. The fourth-order valence-corrected chi connectivity index (χ4v) is 3.99. The molecule has 0 saturated carbocycles.